The van der Waals surface area contributed by atoms with Gasteiger partial charge in [0.25, 0.3) is 0 Å². The van der Waals surface area contributed by atoms with Gasteiger partial charge in [-0.3, -0.25) is 4.79 Å². The van der Waals surface area contributed by atoms with Gasteiger partial charge < -0.3 is 9.84 Å². The lowest BCUT2D eigenvalue weighted by atomic mass is 10.4. The normalized spacial score (nSPS) is 13.4. The standard InChI is InChI=1S/C9H14N2O4S/c1-4-16(13,14)7(3)9(12)10-8-5-6(2)15-11-8/h5,7H,4H2,1-3H3,(H,10,11,12)/t7-/m1/s1. The van der Waals surface area contributed by atoms with Crippen molar-refractivity contribution >= 4 is 21.6 Å². The monoisotopic (exact) mass is 246 g/mol. The molecule has 0 unspecified atom stereocenters. The third-order valence-electron chi connectivity index (χ3n) is 2.19. The van der Waals surface area contributed by atoms with E-state index in [1.165, 1.54) is 19.9 Å². The van der Waals surface area contributed by atoms with Crippen molar-refractivity contribution < 1.29 is 17.7 Å². The molecule has 0 fully saturated rings. The van der Waals surface area contributed by atoms with Crippen LogP contribution < -0.4 is 5.32 Å². The number of anilines is 1. The molecule has 0 saturated heterocycles. The Kier molecular flexibility index (Phi) is 3.69. The Morgan fingerprint density at radius 3 is 2.69 bits per heavy atom. The lowest BCUT2D eigenvalue weighted by molar-refractivity contribution is -0.115. The number of hydrogen-bond acceptors (Lipinski definition) is 5. The average molecular weight is 246 g/mol. The maximum absolute atomic E-state index is 11.6. The third-order valence-corrected chi connectivity index (χ3v) is 4.29. The average Bonchev–Trinajstić information content (AvgIpc) is 2.62. The van der Waals surface area contributed by atoms with E-state index in [0.29, 0.717) is 5.76 Å². The van der Waals surface area contributed by atoms with Crippen LogP contribution in [0.1, 0.15) is 19.6 Å². The number of rotatable bonds is 4. The van der Waals surface area contributed by atoms with Crippen LogP contribution in [0.3, 0.4) is 0 Å². The molecule has 0 aliphatic rings. The van der Waals surface area contributed by atoms with Crippen molar-refractivity contribution in [1.82, 2.24) is 5.16 Å². The van der Waals surface area contributed by atoms with Gasteiger partial charge in [0, 0.05) is 11.8 Å². The molecule has 0 aliphatic heterocycles. The lowest BCUT2D eigenvalue weighted by Gasteiger charge is -2.09. The number of sulfone groups is 1. The van der Waals surface area contributed by atoms with Crippen LogP contribution in [0.4, 0.5) is 5.82 Å². The smallest absolute Gasteiger partial charge is 0.243 e. The molecule has 0 bridgehead atoms. The predicted molar refractivity (Wildman–Crippen MR) is 58.8 cm³/mol. The van der Waals surface area contributed by atoms with Gasteiger partial charge in [-0.1, -0.05) is 12.1 Å². The third kappa shape index (κ3) is 2.82. The highest BCUT2D eigenvalue weighted by Gasteiger charge is 2.26. The minimum atomic E-state index is -3.38. The zero-order valence-corrected chi connectivity index (χ0v) is 10.2. The van der Waals surface area contributed by atoms with E-state index in [-0.39, 0.29) is 11.6 Å². The zero-order valence-electron chi connectivity index (χ0n) is 9.35. The largest absolute Gasteiger partial charge is 0.360 e. The van der Waals surface area contributed by atoms with Crippen molar-refractivity contribution in [2.24, 2.45) is 0 Å². The number of aromatic nitrogens is 1. The summed E-state index contributed by atoms with van der Waals surface area (Å²) in [7, 11) is -3.38. The summed E-state index contributed by atoms with van der Waals surface area (Å²) in [5.41, 5.74) is 0. The van der Waals surface area contributed by atoms with E-state index in [1.807, 2.05) is 0 Å². The molecule has 7 heteroatoms. The van der Waals surface area contributed by atoms with Crippen LogP contribution in [0.15, 0.2) is 10.6 Å². The summed E-state index contributed by atoms with van der Waals surface area (Å²) in [5, 5.41) is 4.84. The summed E-state index contributed by atoms with van der Waals surface area (Å²) in [6.45, 7) is 4.52. The number of carbonyl (C=O) groups is 1. The molecule has 0 aliphatic carbocycles. The Labute approximate surface area is 93.9 Å². The van der Waals surface area contributed by atoms with Gasteiger partial charge in [0.2, 0.25) is 5.91 Å². The maximum Gasteiger partial charge on any atom is 0.243 e. The molecular weight excluding hydrogens is 232 g/mol. The number of nitrogens with one attached hydrogen (secondary N) is 1. The fourth-order valence-electron chi connectivity index (χ4n) is 1.07. The second-order valence-electron chi connectivity index (χ2n) is 3.41. The van der Waals surface area contributed by atoms with Gasteiger partial charge in [0.1, 0.15) is 11.0 Å². The second-order valence-corrected chi connectivity index (χ2v) is 6.02. The molecular formula is C9H14N2O4S. The van der Waals surface area contributed by atoms with Crippen LogP contribution >= 0.6 is 0 Å². The fourth-order valence-corrected chi connectivity index (χ4v) is 1.95. The van der Waals surface area contributed by atoms with E-state index in [9.17, 15) is 13.2 Å². The van der Waals surface area contributed by atoms with E-state index in [1.54, 1.807) is 6.92 Å². The summed E-state index contributed by atoms with van der Waals surface area (Å²) in [6.07, 6.45) is 0. The molecule has 1 atom stereocenters. The summed E-state index contributed by atoms with van der Waals surface area (Å²) < 4.78 is 27.6. The molecule has 0 aromatic carbocycles. The van der Waals surface area contributed by atoms with Crippen molar-refractivity contribution in [3.05, 3.63) is 11.8 Å². The SMILES string of the molecule is CCS(=O)(=O)[C@H](C)C(=O)Nc1cc(C)on1. The van der Waals surface area contributed by atoms with Crippen LogP contribution in [0, 0.1) is 6.92 Å². The van der Waals surface area contributed by atoms with E-state index in [2.05, 4.69) is 10.5 Å². The highest BCUT2D eigenvalue weighted by atomic mass is 32.2. The molecule has 0 spiro atoms. The highest BCUT2D eigenvalue weighted by molar-refractivity contribution is 7.92. The van der Waals surface area contributed by atoms with Crippen molar-refractivity contribution in [2.45, 2.75) is 26.0 Å². The molecule has 6 nitrogen and oxygen atoms in total. The zero-order chi connectivity index (χ0) is 12.3. The first-order chi connectivity index (χ1) is 7.36. The van der Waals surface area contributed by atoms with Crippen LogP contribution in [0.2, 0.25) is 0 Å². The number of nitrogens with zero attached hydrogens (tertiary/aromatic N) is 1. The van der Waals surface area contributed by atoms with E-state index in [4.69, 9.17) is 4.52 Å². The predicted octanol–water partition coefficient (Wildman–Crippen LogP) is 0.745. The first-order valence-corrected chi connectivity index (χ1v) is 6.54. The fraction of sp³-hybridized carbons (Fsp3) is 0.556. The van der Waals surface area contributed by atoms with Crippen molar-refractivity contribution in [3.63, 3.8) is 0 Å². The first-order valence-electron chi connectivity index (χ1n) is 4.82. The summed E-state index contributed by atoms with van der Waals surface area (Å²) in [4.78, 5) is 11.6. The molecule has 1 heterocycles. The van der Waals surface area contributed by atoms with Gasteiger partial charge in [-0.2, -0.15) is 0 Å². The highest BCUT2D eigenvalue weighted by Crippen LogP contribution is 2.10. The Morgan fingerprint density at radius 2 is 2.25 bits per heavy atom. The molecule has 1 aromatic rings. The van der Waals surface area contributed by atoms with Crippen molar-refractivity contribution in [1.29, 1.82) is 0 Å². The van der Waals surface area contributed by atoms with Gasteiger partial charge in [-0.05, 0) is 13.8 Å². The number of aryl methyl sites for hydroxylation is 1. The Hall–Kier alpha value is -1.37. The summed E-state index contributed by atoms with van der Waals surface area (Å²) in [5.74, 6) is 0.0940. The van der Waals surface area contributed by atoms with Gasteiger partial charge >= 0.3 is 0 Å². The van der Waals surface area contributed by atoms with Gasteiger partial charge in [0.05, 0.1) is 0 Å². The molecule has 16 heavy (non-hydrogen) atoms. The summed E-state index contributed by atoms with van der Waals surface area (Å²) in [6, 6.07) is 1.52. The van der Waals surface area contributed by atoms with E-state index in [0.717, 1.165) is 0 Å². The van der Waals surface area contributed by atoms with Gasteiger partial charge in [-0.25, -0.2) is 8.42 Å². The second kappa shape index (κ2) is 4.65. The molecule has 1 amide bonds. The van der Waals surface area contributed by atoms with Gasteiger partial charge in [0.15, 0.2) is 15.7 Å². The molecule has 90 valence electrons. The van der Waals surface area contributed by atoms with E-state index >= 15 is 0 Å². The molecule has 0 saturated carbocycles. The molecule has 1 aromatic heterocycles. The minimum absolute atomic E-state index is 0.0700. The molecule has 1 rings (SSSR count). The van der Waals surface area contributed by atoms with Gasteiger partial charge in [-0.15, -0.1) is 0 Å². The van der Waals surface area contributed by atoms with Crippen LogP contribution in [-0.4, -0.2) is 30.5 Å². The lowest BCUT2D eigenvalue weighted by Crippen LogP contribution is -2.33. The van der Waals surface area contributed by atoms with Crippen molar-refractivity contribution in [3.8, 4) is 0 Å². The number of hydrogen-bond donors (Lipinski definition) is 1. The maximum atomic E-state index is 11.6. The van der Waals surface area contributed by atoms with Crippen LogP contribution in [0.25, 0.3) is 0 Å². The molecule has 1 N–H and O–H groups in total. The number of amides is 1. The Morgan fingerprint density at radius 1 is 1.62 bits per heavy atom. The summed E-state index contributed by atoms with van der Waals surface area (Å²) >= 11 is 0. The van der Waals surface area contributed by atoms with E-state index < -0.39 is 21.0 Å². The quantitative estimate of drug-likeness (QED) is 0.846. The first kappa shape index (κ1) is 12.7. The Balaban J connectivity index is 2.73. The topological polar surface area (TPSA) is 89.3 Å². The van der Waals surface area contributed by atoms with Crippen LogP contribution in [0.5, 0.6) is 0 Å². The van der Waals surface area contributed by atoms with Crippen molar-refractivity contribution in [2.75, 3.05) is 11.1 Å². The van der Waals surface area contributed by atoms with Crippen LogP contribution in [-0.2, 0) is 14.6 Å². The molecule has 0 radical (unpaired) electrons. The number of carbonyl (C=O) groups excluding carboxylic acids is 1. The minimum Gasteiger partial charge on any atom is -0.360 e. The Bertz CT molecular complexity index is 477.